The molecule has 0 saturated carbocycles. The second-order valence-corrected chi connectivity index (χ2v) is 3.82. The highest BCUT2D eigenvalue weighted by atomic mass is 16.3. The molecule has 0 amide bonds. The molecule has 88 valence electrons. The summed E-state index contributed by atoms with van der Waals surface area (Å²) in [6, 6.07) is 0. The average Bonchev–Trinajstić information content (AvgIpc) is 2.18. The molecule has 0 radical (unpaired) electrons. The van der Waals surface area contributed by atoms with Gasteiger partial charge in [0.15, 0.2) is 0 Å². The molecular weight excluding hydrogens is 188 g/mol. The molecule has 0 aromatic rings. The summed E-state index contributed by atoms with van der Waals surface area (Å²) in [7, 11) is 0. The van der Waals surface area contributed by atoms with E-state index in [1.165, 1.54) is 0 Å². The van der Waals surface area contributed by atoms with E-state index in [0.29, 0.717) is 0 Å². The molecule has 2 N–H and O–H groups in total. The first kappa shape index (κ1) is 14.4. The lowest BCUT2D eigenvalue weighted by Gasteiger charge is -2.06. The lowest BCUT2D eigenvalue weighted by molar-refractivity contribution is 0.198. The van der Waals surface area contributed by atoms with Gasteiger partial charge in [-0.1, -0.05) is 43.6 Å². The number of rotatable bonds is 8. The van der Waals surface area contributed by atoms with Crippen molar-refractivity contribution in [1.82, 2.24) is 0 Å². The van der Waals surface area contributed by atoms with Gasteiger partial charge in [0, 0.05) is 0 Å². The van der Waals surface area contributed by atoms with E-state index in [-0.39, 0.29) is 12.2 Å². The number of hydrogen-bond acceptors (Lipinski definition) is 2. The van der Waals surface area contributed by atoms with Gasteiger partial charge in [0.25, 0.3) is 0 Å². The molecule has 0 fully saturated rings. The zero-order valence-corrected chi connectivity index (χ0v) is 9.89. The summed E-state index contributed by atoms with van der Waals surface area (Å²) in [5, 5.41) is 18.8. The van der Waals surface area contributed by atoms with Crippen LogP contribution < -0.4 is 0 Å². The van der Waals surface area contributed by atoms with Gasteiger partial charge in [-0.25, -0.2) is 0 Å². The molecule has 2 unspecified atom stereocenters. The van der Waals surface area contributed by atoms with E-state index >= 15 is 0 Å². The largest absolute Gasteiger partial charge is 0.389 e. The standard InChI is InChI=1S/C13H24O2/c1-3-8-12(14)10-6-5-7-11-13(15)9-4-2/h3-4,8-9,12-15H,5-7,10-11H2,1-2H3/b8-3+,9-4+. The van der Waals surface area contributed by atoms with Gasteiger partial charge < -0.3 is 10.2 Å². The van der Waals surface area contributed by atoms with Gasteiger partial charge in [-0.3, -0.25) is 0 Å². The minimum absolute atomic E-state index is 0.296. The first-order valence-electron chi connectivity index (χ1n) is 5.82. The van der Waals surface area contributed by atoms with Crippen LogP contribution in [0.25, 0.3) is 0 Å². The molecule has 0 aromatic carbocycles. The van der Waals surface area contributed by atoms with Gasteiger partial charge >= 0.3 is 0 Å². The van der Waals surface area contributed by atoms with Crippen molar-refractivity contribution in [1.29, 1.82) is 0 Å². The van der Waals surface area contributed by atoms with Gasteiger partial charge in [0.2, 0.25) is 0 Å². The molecule has 15 heavy (non-hydrogen) atoms. The Bertz CT molecular complexity index is 165. The maximum absolute atomic E-state index is 9.39. The van der Waals surface area contributed by atoms with Crippen molar-refractivity contribution in [3.63, 3.8) is 0 Å². The maximum atomic E-state index is 9.39. The Morgan fingerprint density at radius 3 is 1.53 bits per heavy atom. The van der Waals surface area contributed by atoms with E-state index in [4.69, 9.17) is 0 Å². The maximum Gasteiger partial charge on any atom is 0.0720 e. The van der Waals surface area contributed by atoms with E-state index in [1.54, 1.807) is 0 Å². The summed E-state index contributed by atoms with van der Waals surface area (Å²) >= 11 is 0. The highest BCUT2D eigenvalue weighted by Crippen LogP contribution is 2.09. The van der Waals surface area contributed by atoms with Crippen LogP contribution in [0.1, 0.15) is 46.0 Å². The van der Waals surface area contributed by atoms with E-state index in [1.807, 2.05) is 38.2 Å². The Kier molecular flexibility index (Phi) is 9.54. The van der Waals surface area contributed by atoms with Gasteiger partial charge in [-0.2, -0.15) is 0 Å². The number of hydrogen-bond donors (Lipinski definition) is 2. The van der Waals surface area contributed by atoms with Crippen LogP contribution >= 0.6 is 0 Å². The van der Waals surface area contributed by atoms with Crippen LogP contribution in [0.15, 0.2) is 24.3 Å². The van der Waals surface area contributed by atoms with Crippen LogP contribution in [0.5, 0.6) is 0 Å². The summed E-state index contributed by atoms with van der Waals surface area (Å²) in [4.78, 5) is 0. The molecule has 0 aliphatic heterocycles. The van der Waals surface area contributed by atoms with Gasteiger partial charge in [0.05, 0.1) is 12.2 Å². The number of aliphatic hydroxyl groups is 2. The van der Waals surface area contributed by atoms with Crippen molar-refractivity contribution < 1.29 is 10.2 Å². The molecule has 0 saturated heterocycles. The van der Waals surface area contributed by atoms with Gasteiger partial charge in [-0.15, -0.1) is 0 Å². The predicted molar refractivity (Wildman–Crippen MR) is 64.7 cm³/mol. The lowest BCUT2D eigenvalue weighted by Crippen LogP contribution is -2.03. The summed E-state index contributed by atoms with van der Waals surface area (Å²) in [6.07, 6.45) is 11.6. The molecule has 2 atom stereocenters. The van der Waals surface area contributed by atoms with Crippen molar-refractivity contribution >= 4 is 0 Å². The van der Waals surface area contributed by atoms with E-state index in [2.05, 4.69) is 0 Å². The highest BCUT2D eigenvalue weighted by Gasteiger charge is 2.00. The molecule has 2 nitrogen and oxygen atoms in total. The third-order valence-electron chi connectivity index (χ3n) is 2.33. The Morgan fingerprint density at radius 1 is 0.800 bits per heavy atom. The average molecular weight is 212 g/mol. The summed E-state index contributed by atoms with van der Waals surface area (Å²) < 4.78 is 0. The summed E-state index contributed by atoms with van der Waals surface area (Å²) in [5.74, 6) is 0. The third-order valence-corrected chi connectivity index (χ3v) is 2.33. The van der Waals surface area contributed by atoms with Gasteiger partial charge in [0.1, 0.15) is 0 Å². The Hall–Kier alpha value is -0.600. The highest BCUT2D eigenvalue weighted by molar-refractivity contribution is 4.86. The molecule has 0 aliphatic carbocycles. The molecule has 0 spiro atoms. The monoisotopic (exact) mass is 212 g/mol. The quantitative estimate of drug-likeness (QED) is 0.480. The SMILES string of the molecule is C/C=C/C(O)CCCCCC(O)/C=C/C. The van der Waals surface area contributed by atoms with Crippen LogP contribution in [-0.4, -0.2) is 22.4 Å². The predicted octanol–water partition coefficient (Wildman–Crippen LogP) is 2.81. The molecule has 0 heterocycles. The Morgan fingerprint density at radius 2 is 1.20 bits per heavy atom. The van der Waals surface area contributed by atoms with E-state index in [0.717, 1.165) is 32.1 Å². The molecule has 0 rings (SSSR count). The second kappa shape index (κ2) is 9.94. The van der Waals surface area contributed by atoms with Crippen LogP contribution in [0.2, 0.25) is 0 Å². The zero-order valence-electron chi connectivity index (χ0n) is 9.89. The fraction of sp³-hybridized carbons (Fsp3) is 0.692. The van der Waals surface area contributed by atoms with Gasteiger partial charge in [-0.05, 0) is 26.7 Å². The fourth-order valence-corrected chi connectivity index (χ4v) is 1.52. The van der Waals surface area contributed by atoms with Crippen LogP contribution in [0.3, 0.4) is 0 Å². The molecule has 0 bridgehead atoms. The molecule has 0 aliphatic rings. The number of unbranched alkanes of at least 4 members (excludes halogenated alkanes) is 2. The first-order valence-corrected chi connectivity index (χ1v) is 5.82. The first-order chi connectivity index (χ1) is 7.20. The topological polar surface area (TPSA) is 40.5 Å². The zero-order chi connectivity index (χ0) is 11.5. The minimum atomic E-state index is -0.296. The molecular formula is C13H24O2. The van der Waals surface area contributed by atoms with Crippen molar-refractivity contribution in [2.45, 2.75) is 58.2 Å². The molecule has 2 heteroatoms. The summed E-state index contributed by atoms with van der Waals surface area (Å²) in [6.45, 7) is 3.83. The number of aliphatic hydroxyl groups excluding tert-OH is 2. The van der Waals surface area contributed by atoms with Crippen molar-refractivity contribution in [3.8, 4) is 0 Å². The van der Waals surface area contributed by atoms with E-state index in [9.17, 15) is 10.2 Å². The molecule has 0 aromatic heterocycles. The van der Waals surface area contributed by atoms with Crippen molar-refractivity contribution in [3.05, 3.63) is 24.3 Å². The van der Waals surface area contributed by atoms with E-state index < -0.39 is 0 Å². The fourth-order valence-electron chi connectivity index (χ4n) is 1.52. The van der Waals surface area contributed by atoms with Crippen LogP contribution in [0, 0.1) is 0 Å². The Labute approximate surface area is 93.3 Å². The van der Waals surface area contributed by atoms with Crippen molar-refractivity contribution in [2.75, 3.05) is 0 Å². The van der Waals surface area contributed by atoms with Crippen LogP contribution in [0.4, 0.5) is 0 Å². The Balaban J connectivity index is 3.31. The van der Waals surface area contributed by atoms with Crippen molar-refractivity contribution in [2.24, 2.45) is 0 Å². The lowest BCUT2D eigenvalue weighted by atomic mass is 10.1. The summed E-state index contributed by atoms with van der Waals surface area (Å²) in [5.41, 5.74) is 0. The van der Waals surface area contributed by atoms with Crippen LogP contribution in [-0.2, 0) is 0 Å². The minimum Gasteiger partial charge on any atom is -0.389 e. The normalized spacial score (nSPS) is 16.3. The smallest absolute Gasteiger partial charge is 0.0720 e. The second-order valence-electron chi connectivity index (χ2n) is 3.82. The third kappa shape index (κ3) is 9.70. The number of allylic oxidation sites excluding steroid dienone is 2.